The minimum atomic E-state index is -1.17. The topological polar surface area (TPSA) is 81.1 Å². The van der Waals surface area contributed by atoms with Gasteiger partial charge < -0.3 is 15.1 Å². The van der Waals surface area contributed by atoms with E-state index in [9.17, 15) is 14.7 Å². The van der Waals surface area contributed by atoms with Gasteiger partial charge in [-0.2, -0.15) is 0 Å². The number of amides is 2. The standard InChI is InChI=1S/C8H14N2O4/c1-9(2)7(12)6-3-5(11)4-10(6)8(13)14/h5-6,11H,3-4H2,1-2H3,(H,13,14)/t5-,6-/m1/s1. The first-order chi connectivity index (χ1) is 6.43. The molecule has 1 saturated heterocycles. The van der Waals surface area contributed by atoms with Crippen LogP contribution in [0.1, 0.15) is 6.42 Å². The maximum atomic E-state index is 11.5. The molecule has 0 aliphatic carbocycles. The molecule has 1 rings (SSSR count). The van der Waals surface area contributed by atoms with Gasteiger partial charge in [-0.25, -0.2) is 4.79 Å². The van der Waals surface area contributed by atoms with E-state index < -0.39 is 18.2 Å². The molecule has 14 heavy (non-hydrogen) atoms. The van der Waals surface area contributed by atoms with E-state index in [2.05, 4.69) is 0 Å². The molecule has 0 unspecified atom stereocenters. The number of likely N-dealkylation sites (N-methyl/N-ethyl adjacent to an activating group) is 1. The van der Waals surface area contributed by atoms with Crippen molar-refractivity contribution in [2.45, 2.75) is 18.6 Å². The van der Waals surface area contributed by atoms with Gasteiger partial charge in [0.15, 0.2) is 0 Å². The number of rotatable bonds is 1. The molecule has 0 aromatic heterocycles. The summed E-state index contributed by atoms with van der Waals surface area (Å²) in [5.74, 6) is -0.288. The molecule has 0 radical (unpaired) electrons. The number of aliphatic hydroxyl groups excluding tert-OH is 1. The molecular formula is C8H14N2O4. The predicted octanol–water partition coefficient (Wildman–Crippen LogP) is -0.812. The van der Waals surface area contributed by atoms with Crippen LogP contribution in [0.15, 0.2) is 0 Å². The van der Waals surface area contributed by atoms with Gasteiger partial charge >= 0.3 is 6.09 Å². The van der Waals surface area contributed by atoms with Gasteiger partial charge in [-0.15, -0.1) is 0 Å². The van der Waals surface area contributed by atoms with Crippen molar-refractivity contribution in [3.05, 3.63) is 0 Å². The molecule has 2 atom stereocenters. The van der Waals surface area contributed by atoms with Gasteiger partial charge in [0.2, 0.25) is 5.91 Å². The lowest BCUT2D eigenvalue weighted by atomic mass is 10.2. The van der Waals surface area contributed by atoms with Crippen molar-refractivity contribution >= 4 is 12.0 Å². The van der Waals surface area contributed by atoms with E-state index in [0.29, 0.717) is 0 Å². The van der Waals surface area contributed by atoms with Crippen molar-refractivity contribution in [3.63, 3.8) is 0 Å². The Kier molecular flexibility index (Phi) is 2.95. The Hall–Kier alpha value is -1.30. The first kappa shape index (κ1) is 10.8. The number of carbonyl (C=O) groups is 2. The zero-order valence-electron chi connectivity index (χ0n) is 8.17. The number of hydrogen-bond acceptors (Lipinski definition) is 3. The Morgan fingerprint density at radius 2 is 2.00 bits per heavy atom. The first-order valence-electron chi connectivity index (χ1n) is 4.32. The lowest BCUT2D eigenvalue weighted by Gasteiger charge is -2.23. The molecule has 0 aromatic carbocycles. The third-order valence-corrected chi connectivity index (χ3v) is 2.25. The second kappa shape index (κ2) is 3.83. The van der Waals surface area contributed by atoms with Gasteiger partial charge in [0.25, 0.3) is 0 Å². The highest BCUT2D eigenvalue weighted by molar-refractivity contribution is 5.85. The fourth-order valence-corrected chi connectivity index (χ4v) is 1.56. The van der Waals surface area contributed by atoms with E-state index in [1.807, 2.05) is 0 Å². The number of hydrogen-bond donors (Lipinski definition) is 2. The lowest BCUT2D eigenvalue weighted by Crippen LogP contribution is -2.44. The maximum Gasteiger partial charge on any atom is 0.408 e. The van der Waals surface area contributed by atoms with Crippen molar-refractivity contribution in [1.29, 1.82) is 0 Å². The van der Waals surface area contributed by atoms with Crippen LogP contribution in [0.5, 0.6) is 0 Å². The summed E-state index contributed by atoms with van der Waals surface area (Å²) in [4.78, 5) is 24.6. The molecule has 80 valence electrons. The highest BCUT2D eigenvalue weighted by Crippen LogP contribution is 2.19. The molecule has 2 N–H and O–H groups in total. The number of likely N-dealkylation sites (tertiary alicyclic amines) is 1. The molecule has 1 heterocycles. The quantitative estimate of drug-likeness (QED) is 0.582. The van der Waals surface area contributed by atoms with E-state index in [-0.39, 0.29) is 18.9 Å². The summed E-state index contributed by atoms with van der Waals surface area (Å²) in [5, 5.41) is 18.1. The maximum absolute atomic E-state index is 11.5. The SMILES string of the molecule is CN(C)C(=O)[C@H]1C[C@@H](O)CN1C(=O)O. The van der Waals surface area contributed by atoms with Crippen molar-refractivity contribution < 1.29 is 19.8 Å². The molecule has 1 fully saturated rings. The van der Waals surface area contributed by atoms with Crippen LogP contribution in [0.2, 0.25) is 0 Å². The van der Waals surface area contributed by atoms with Crippen molar-refractivity contribution in [2.75, 3.05) is 20.6 Å². The predicted molar refractivity (Wildman–Crippen MR) is 47.8 cm³/mol. The van der Waals surface area contributed by atoms with Crippen LogP contribution < -0.4 is 0 Å². The Bertz CT molecular complexity index is 254. The van der Waals surface area contributed by atoms with Crippen LogP contribution >= 0.6 is 0 Å². The molecule has 0 saturated carbocycles. The summed E-state index contributed by atoms with van der Waals surface area (Å²) in [5.41, 5.74) is 0. The molecule has 0 spiro atoms. The van der Waals surface area contributed by atoms with E-state index in [4.69, 9.17) is 5.11 Å². The van der Waals surface area contributed by atoms with Crippen LogP contribution in [0.4, 0.5) is 4.79 Å². The molecule has 0 aromatic rings. The number of aliphatic hydroxyl groups is 1. The molecule has 0 bridgehead atoms. The van der Waals surface area contributed by atoms with Crippen LogP contribution in [-0.2, 0) is 4.79 Å². The van der Waals surface area contributed by atoms with Crippen LogP contribution in [0.25, 0.3) is 0 Å². The fourth-order valence-electron chi connectivity index (χ4n) is 1.56. The third-order valence-electron chi connectivity index (χ3n) is 2.25. The van der Waals surface area contributed by atoms with Crippen LogP contribution in [0.3, 0.4) is 0 Å². The van der Waals surface area contributed by atoms with Crippen molar-refractivity contribution in [1.82, 2.24) is 9.80 Å². The van der Waals surface area contributed by atoms with E-state index in [0.717, 1.165) is 4.90 Å². The molecule has 1 aliphatic rings. The Labute approximate surface area is 81.7 Å². The second-order valence-corrected chi connectivity index (χ2v) is 3.57. The number of nitrogens with zero attached hydrogens (tertiary/aromatic N) is 2. The third kappa shape index (κ3) is 1.95. The highest BCUT2D eigenvalue weighted by atomic mass is 16.4. The van der Waals surface area contributed by atoms with E-state index in [1.54, 1.807) is 14.1 Å². The molecule has 6 heteroatoms. The zero-order chi connectivity index (χ0) is 10.9. The zero-order valence-corrected chi connectivity index (χ0v) is 8.17. The van der Waals surface area contributed by atoms with Crippen LogP contribution in [0, 0.1) is 0 Å². The summed E-state index contributed by atoms with van der Waals surface area (Å²) in [6.45, 7) is 0.0135. The Morgan fingerprint density at radius 3 is 2.43 bits per heavy atom. The summed E-state index contributed by atoms with van der Waals surface area (Å²) >= 11 is 0. The molecular weight excluding hydrogens is 188 g/mol. The van der Waals surface area contributed by atoms with E-state index in [1.165, 1.54) is 4.90 Å². The van der Waals surface area contributed by atoms with Crippen LogP contribution in [-0.4, -0.2) is 64.8 Å². The van der Waals surface area contributed by atoms with Crippen molar-refractivity contribution in [3.8, 4) is 0 Å². The molecule has 2 amide bonds. The van der Waals surface area contributed by atoms with Crippen molar-refractivity contribution in [2.24, 2.45) is 0 Å². The number of carboxylic acid groups (broad SMARTS) is 1. The van der Waals surface area contributed by atoms with Gasteiger partial charge in [0.1, 0.15) is 6.04 Å². The number of β-amino-alcohol motifs (C(OH)–C–C–N with tert-alkyl or cyclic N) is 1. The summed E-state index contributed by atoms with van der Waals surface area (Å²) in [6.07, 6.45) is -1.72. The smallest absolute Gasteiger partial charge is 0.408 e. The van der Waals surface area contributed by atoms with Gasteiger partial charge in [0.05, 0.1) is 12.6 Å². The van der Waals surface area contributed by atoms with E-state index >= 15 is 0 Å². The Balaban J connectivity index is 2.76. The lowest BCUT2D eigenvalue weighted by molar-refractivity contribution is -0.132. The fraction of sp³-hybridized carbons (Fsp3) is 0.750. The second-order valence-electron chi connectivity index (χ2n) is 3.57. The normalized spacial score (nSPS) is 26.4. The Morgan fingerprint density at radius 1 is 1.43 bits per heavy atom. The van der Waals surface area contributed by atoms with Gasteiger partial charge in [-0.1, -0.05) is 0 Å². The highest BCUT2D eigenvalue weighted by Gasteiger charge is 2.39. The van der Waals surface area contributed by atoms with Gasteiger partial charge in [-0.3, -0.25) is 9.69 Å². The average molecular weight is 202 g/mol. The minimum Gasteiger partial charge on any atom is -0.465 e. The summed E-state index contributed by atoms with van der Waals surface area (Å²) in [6, 6.07) is -0.738. The summed E-state index contributed by atoms with van der Waals surface area (Å²) < 4.78 is 0. The largest absolute Gasteiger partial charge is 0.465 e. The summed E-state index contributed by atoms with van der Waals surface area (Å²) in [7, 11) is 3.13. The van der Waals surface area contributed by atoms with Gasteiger partial charge in [-0.05, 0) is 0 Å². The first-order valence-corrected chi connectivity index (χ1v) is 4.32. The molecule has 1 aliphatic heterocycles. The molecule has 6 nitrogen and oxygen atoms in total. The average Bonchev–Trinajstić information content (AvgIpc) is 2.45. The number of carbonyl (C=O) groups excluding carboxylic acids is 1. The monoisotopic (exact) mass is 202 g/mol. The van der Waals surface area contributed by atoms with Gasteiger partial charge in [0, 0.05) is 20.5 Å². The minimum absolute atomic E-state index is 0.0135.